The summed E-state index contributed by atoms with van der Waals surface area (Å²) in [5.41, 5.74) is 2.24. The Morgan fingerprint density at radius 1 is 1.32 bits per heavy atom. The summed E-state index contributed by atoms with van der Waals surface area (Å²) in [5, 5.41) is 4.25. The van der Waals surface area contributed by atoms with Crippen LogP contribution >= 0.6 is 50.5 Å². The number of hydrogen-bond donors (Lipinski definition) is 1. The number of halogens is 3. The quantitative estimate of drug-likeness (QED) is 0.706. The predicted octanol–water partition coefficient (Wildman–Crippen LogP) is 5.82. The van der Waals surface area contributed by atoms with Crippen molar-refractivity contribution in [3.63, 3.8) is 0 Å². The topological polar surface area (TPSA) is 12.0 Å². The number of nitrogens with one attached hydrogen (secondary N) is 1. The predicted molar refractivity (Wildman–Crippen MR) is 88.7 cm³/mol. The van der Waals surface area contributed by atoms with E-state index in [1.54, 1.807) is 11.3 Å². The summed E-state index contributed by atoms with van der Waals surface area (Å²) in [6.07, 6.45) is 0. The fourth-order valence-corrected chi connectivity index (χ4v) is 4.12. The largest absolute Gasteiger partial charge is 0.306 e. The lowest BCUT2D eigenvalue weighted by Gasteiger charge is -2.18. The average Bonchev–Trinajstić information content (AvgIpc) is 2.67. The molecule has 0 aliphatic carbocycles. The van der Waals surface area contributed by atoms with Crippen LogP contribution in [-0.2, 0) is 0 Å². The zero-order chi connectivity index (χ0) is 14.0. The van der Waals surface area contributed by atoms with Gasteiger partial charge in [-0.1, -0.05) is 42.3 Å². The van der Waals surface area contributed by atoms with Gasteiger partial charge in [-0.3, -0.25) is 0 Å². The maximum Gasteiger partial charge on any atom is 0.107 e. The van der Waals surface area contributed by atoms with Crippen LogP contribution in [0.2, 0.25) is 9.36 Å². The normalized spacial score (nSPS) is 12.7. The van der Waals surface area contributed by atoms with Crippen molar-refractivity contribution in [3.05, 3.63) is 54.1 Å². The maximum absolute atomic E-state index is 6.38. The van der Waals surface area contributed by atoms with Crippen LogP contribution in [0.15, 0.2) is 28.7 Å². The van der Waals surface area contributed by atoms with Crippen LogP contribution in [0.25, 0.3) is 0 Å². The molecule has 0 saturated carbocycles. The van der Waals surface area contributed by atoms with E-state index >= 15 is 0 Å². The fraction of sp³-hybridized carbons (Fsp3) is 0.286. The lowest BCUT2D eigenvalue weighted by atomic mass is 10.0. The van der Waals surface area contributed by atoms with Gasteiger partial charge in [0, 0.05) is 14.4 Å². The van der Waals surface area contributed by atoms with Crippen molar-refractivity contribution in [2.75, 3.05) is 6.54 Å². The highest BCUT2D eigenvalue weighted by atomic mass is 79.9. The van der Waals surface area contributed by atoms with Gasteiger partial charge < -0.3 is 5.32 Å². The summed E-state index contributed by atoms with van der Waals surface area (Å²) >= 11 is 17.5. The molecule has 0 amide bonds. The molecular weight excluding hydrogens is 365 g/mol. The monoisotopic (exact) mass is 377 g/mol. The van der Waals surface area contributed by atoms with E-state index in [1.807, 2.05) is 13.0 Å². The van der Waals surface area contributed by atoms with E-state index < -0.39 is 0 Å². The third-order valence-corrected chi connectivity index (χ3v) is 5.69. The Hall–Kier alpha value is -0.0600. The second-order valence-electron chi connectivity index (χ2n) is 4.29. The number of benzene rings is 1. The molecule has 2 aromatic rings. The van der Waals surface area contributed by atoms with E-state index in [0.29, 0.717) is 0 Å². The molecule has 1 aromatic carbocycles. The smallest absolute Gasteiger partial charge is 0.107 e. The molecule has 0 aliphatic heterocycles. The van der Waals surface area contributed by atoms with Gasteiger partial charge in [-0.15, -0.1) is 11.3 Å². The lowest BCUT2D eigenvalue weighted by Crippen LogP contribution is -2.21. The Bertz CT molecular complexity index is 563. The van der Waals surface area contributed by atoms with Crippen LogP contribution in [0.4, 0.5) is 0 Å². The summed E-state index contributed by atoms with van der Waals surface area (Å²) in [4.78, 5) is 1.16. The molecule has 0 radical (unpaired) electrons. The standard InChI is InChI=1S/C14H14BrCl2NS/c1-3-18-13(12-7-10(15)14(17)19-12)9-5-4-8(2)6-11(9)16/h4-7,13,18H,3H2,1-2H3. The van der Waals surface area contributed by atoms with E-state index in [2.05, 4.69) is 46.4 Å². The van der Waals surface area contributed by atoms with Crippen LogP contribution in [0.5, 0.6) is 0 Å². The Balaban J connectivity index is 2.44. The van der Waals surface area contributed by atoms with Gasteiger partial charge in [0.1, 0.15) is 4.34 Å². The minimum atomic E-state index is 0.0758. The van der Waals surface area contributed by atoms with E-state index in [0.717, 1.165) is 36.4 Å². The highest BCUT2D eigenvalue weighted by Gasteiger charge is 2.19. The van der Waals surface area contributed by atoms with E-state index in [9.17, 15) is 0 Å². The average molecular weight is 379 g/mol. The van der Waals surface area contributed by atoms with Crippen LogP contribution in [0.1, 0.15) is 29.0 Å². The van der Waals surface area contributed by atoms with Crippen molar-refractivity contribution in [1.29, 1.82) is 0 Å². The zero-order valence-electron chi connectivity index (χ0n) is 10.6. The molecule has 1 heterocycles. The molecule has 0 saturated heterocycles. The van der Waals surface area contributed by atoms with Crippen molar-refractivity contribution < 1.29 is 0 Å². The second kappa shape index (κ2) is 6.59. The minimum Gasteiger partial charge on any atom is -0.306 e. The summed E-state index contributed by atoms with van der Waals surface area (Å²) in [7, 11) is 0. The molecule has 1 unspecified atom stereocenters. The molecule has 0 fully saturated rings. The number of aryl methyl sites for hydroxylation is 1. The van der Waals surface area contributed by atoms with Crippen LogP contribution in [-0.4, -0.2) is 6.54 Å². The van der Waals surface area contributed by atoms with Crippen LogP contribution in [0, 0.1) is 6.92 Å². The maximum atomic E-state index is 6.38. The fourth-order valence-electron chi connectivity index (χ4n) is 1.94. The van der Waals surface area contributed by atoms with Gasteiger partial charge >= 0.3 is 0 Å². The van der Waals surface area contributed by atoms with Crippen LogP contribution in [0.3, 0.4) is 0 Å². The molecule has 1 nitrogen and oxygen atoms in total. The van der Waals surface area contributed by atoms with Crippen molar-refractivity contribution in [1.82, 2.24) is 5.32 Å². The molecule has 102 valence electrons. The Kier molecular flexibility index (Phi) is 5.32. The summed E-state index contributed by atoms with van der Waals surface area (Å²) < 4.78 is 1.70. The summed E-state index contributed by atoms with van der Waals surface area (Å²) in [6, 6.07) is 8.27. The number of hydrogen-bond acceptors (Lipinski definition) is 2. The Morgan fingerprint density at radius 2 is 2.05 bits per heavy atom. The van der Waals surface area contributed by atoms with Crippen molar-refractivity contribution in [2.24, 2.45) is 0 Å². The van der Waals surface area contributed by atoms with Gasteiger partial charge in [0.15, 0.2) is 0 Å². The van der Waals surface area contributed by atoms with Gasteiger partial charge in [-0.25, -0.2) is 0 Å². The SMILES string of the molecule is CCNC(c1cc(Br)c(Cl)s1)c1ccc(C)cc1Cl. The first-order chi connectivity index (χ1) is 9.02. The first kappa shape index (κ1) is 15.3. The molecule has 19 heavy (non-hydrogen) atoms. The zero-order valence-corrected chi connectivity index (χ0v) is 14.6. The highest BCUT2D eigenvalue weighted by Crippen LogP contribution is 2.39. The molecule has 0 spiro atoms. The molecule has 1 aromatic heterocycles. The third kappa shape index (κ3) is 3.53. The first-order valence-corrected chi connectivity index (χ1v) is 8.33. The summed E-state index contributed by atoms with van der Waals surface area (Å²) in [6.45, 7) is 4.98. The van der Waals surface area contributed by atoms with Gasteiger partial charge in [0.2, 0.25) is 0 Å². The van der Waals surface area contributed by atoms with E-state index in [4.69, 9.17) is 23.2 Å². The molecule has 5 heteroatoms. The second-order valence-corrected chi connectivity index (χ2v) is 7.23. The first-order valence-electron chi connectivity index (χ1n) is 5.97. The molecule has 0 aliphatic rings. The van der Waals surface area contributed by atoms with Crippen molar-refractivity contribution >= 4 is 50.5 Å². The molecule has 1 atom stereocenters. The molecule has 2 rings (SSSR count). The lowest BCUT2D eigenvalue weighted by molar-refractivity contribution is 0.639. The Morgan fingerprint density at radius 3 is 2.58 bits per heavy atom. The molecule has 0 bridgehead atoms. The van der Waals surface area contributed by atoms with E-state index in [1.165, 1.54) is 0 Å². The highest BCUT2D eigenvalue weighted by molar-refractivity contribution is 9.10. The third-order valence-electron chi connectivity index (χ3n) is 2.82. The van der Waals surface area contributed by atoms with Crippen molar-refractivity contribution in [3.8, 4) is 0 Å². The van der Waals surface area contributed by atoms with Gasteiger partial charge in [-0.05, 0) is 52.7 Å². The minimum absolute atomic E-state index is 0.0758. The van der Waals surface area contributed by atoms with E-state index in [-0.39, 0.29) is 6.04 Å². The van der Waals surface area contributed by atoms with Crippen molar-refractivity contribution in [2.45, 2.75) is 19.9 Å². The summed E-state index contributed by atoms with van der Waals surface area (Å²) in [5.74, 6) is 0. The van der Waals surface area contributed by atoms with Gasteiger partial charge in [0.05, 0.1) is 6.04 Å². The number of rotatable bonds is 4. The van der Waals surface area contributed by atoms with Gasteiger partial charge in [0.25, 0.3) is 0 Å². The van der Waals surface area contributed by atoms with Crippen LogP contribution < -0.4 is 5.32 Å². The molecule has 1 N–H and O–H groups in total. The van der Waals surface area contributed by atoms with Gasteiger partial charge in [-0.2, -0.15) is 0 Å². The molecular formula is C14H14BrCl2NS. The Labute approximate surface area is 136 Å². The number of thiophene rings is 1.